The van der Waals surface area contributed by atoms with Gasteiger partial charge in [0.15, 0.2) is 0 Å². The lowest BCUT2D eigenvalue weighted by molar-refractivity contribution is -0.121. The minimum atomic E-state index is -0.0354. The number of carbonyl (C=O) groups is 1. The van der Waals surface area contributed by atoms with E-state index >= 15 is 0 Å². The molecule has 2 aromatic rings. The van der Waals surface area contributed by atoms with Crippen molar-refractivity contribution >= 4 is 17.5 Å². The van der Waals surface area contributed by atoms with Gasteiger partial charge in [0.25, 0.3) is 0 Å². The number of aromatic nitrogens is 1. The summed E-state index contributed by atoms with van der Waals surface area (Å²) in [5, 5.41) is 6.93. The summed E-state index contributed by atoms with van der Waals surface area (Å²) < 4.78 is 10.5. The van der Waals surface area contributed by atoms with Crippen LogP contribution in [0.25, 0.3) is 0 Å². The highest BCUT2D eigenvalue weighted by Gasteiger charge is 2.12. The quantitative estimate of drug-likeness (QED) is 0.783. The second kappa shape index (κ2) is 8.73. The van der Waals surface area contributed by atoms with Gasteiger partial charge in [-0.1, -0.05) is 31.1 Å². The number of amides is 1. The SMILES string of the molecule is Cc1noc(Cl)c1CCC(=O)NCc1ccc(OCC(C)C)cc1. The highest BCUT2D eigenvalue weighted by atomic mass is 35.5. The van der Waals surface area contributed by atoms with Gasteiger partial charge in [-0.3, -0.25) is 4.79 Å². The molecule has 0 unspecified atom stereocenters. The number of nitrogens with one attached hydrogen (secondary N) is 1. The van der Waals surface area contributed by atoms with Gasteiger partial charge in [0, 0.05) is 18.5 Å². The summed E-state index contributed by atoms with van der Waals surface area (Å²) in [6, 6.07) is 7.75. The lowest BCUT2D eigenvalue weighted by Gasteiger charge is -2.10. The maximum absolute atomic E-state index is 11.9. The van der Waals surface area contributed by atoms with E-state index in [4.69, 9.17) is 20.9 Å². The van der Waals surface area contributed by atoms with Gasteiger partial charge >= 0.3 is 0 Å². The van der Waals surface area contributed by atoms with Crippen LogP contribution in [0.1, 0.15) is 37.1 Å². The Morgan fingerprint density at radius 1 is 1.33 bits per heavy atom. The molecule has 0 fully saturated rings. The molecule has 0 radical (unpaired) electrons. The first-order valence-electron chi connectivity index (χ1n) is 8.04. The van der Waals surface area contributed by atoms with Crippen molar-refractivity contribution in [1.29, 1.82) is 0 Å². The number of hydrogen-bond acceptors (Lipinski definition) is 4. The lowest BCUT2D eigenvalue weighted by atomic mass is 10.1. The molecule has 0 aliphatic rings. The second-order valence-corrected chi connectivity index (χ2v) is 6.49. The van der Waals surface area contributed by atoms with Crippen molar-refractivity contribution in [3.8, 4) is 5.75 Å². The van der Waals surface area contributed by atoms with Crippen LogP contribution in [0, 0.1) is 12.8 Å². The summed E-state index contributed by atoms with van der Waals surface area (Å²) in [4.78, 5) is 11.9. The number of ether oxygens (including phenoxy) is 1. The number of hydrogen-bond donors (Lipinski definition) is 1. The number of rotatable bonds is 8. The fourth-order valence-corrected chi connectivity index (χ4v) is 2.40. The van der Waals surface area contributed by atoms with Crippen LogP contribution in [0.5, 0.6) is 5.75 Å². The smallest absolute Gasteiger partial charge is 0.229 e. The molecule has 24 heavy (non-hydrogen) atoms. The average Bonchev–Trinajstić information content (AvgIpc) is 2.88. The molecule has 0 aliphatic heterocycles. The number of benzene rings is 1. The van der Waals surface area contributed by atoms with Crippen LogP contribution in [0.2, 0.25) is 5.22 Å². The Morgan fingerprint density at radius 3 is 2.62 bits per heavy atom. The molecule has 1 N–H and O–H groups in total. The molecule has 5 nitrogen and oxygen atoms in total. The summed E-state index contributed by atoms with van der Waals surface area (Å²) in [6.07, 6.45) is 0.860. The van der Waals surface area contributed by atoms with E-state index in [1.807, 2.05) is 31.2 Å². The van der Waals surface area contributed by atoms with Gasteiger partial charge < -0.3 is 14.6 Å². The summed E-state index contributed by atoms with van der Waals surface area (Å²) >= 11 is 5.89. The Kier molecular flexibility index (Phi) is 6.67. The fraction of sp³-hybridized carbons (Fsp3) is 0.444. The maximum Gasteiger partial charge on any atom is 0.229 e. The first kappa shape index (κ1) is 18.3. The molecule has 130 valence electrons. The van der Waals surface area contributed by atoms with Gasteiger partial charge in [-0.25, -0.2) is 0 Å². The van der Waals surface area contributed by atoms with Crippen LogP contribution < -0.4 is 10.1 Å². The summed E-state index contributed by atoms with van der Waals surface area (Å²) in [5.74, 6) is 1.30. The zero-order valence-corrected chi connectivity index (χ0v) is 15.0. The van der Waals surface area contributed by atoms with Gasteiger partial charge in [-0.15, -0.1) is 0 Å². The Bertz CT molecular complexity index is 646. The molecule has 0 saturated heterocycles. The predicted octanol–water partition coefficient (Wildman–Crippen LogP) is 3.92. The molecule has 1 amide bonds. The maximum atomic E-state index is 11.9. The average molecular weight is 351 g/mol. The van der Waals surface area contributed by atoms with Crippen LogP contribution in [0.4, 0.5) is 0 Å². The Balaban J connectivity index is 1.75. The lowest BCUT2D eigenvalue weighted by Crippen LogP contribution is -2.23. The van der Waals surface area contributed by atoms with Crippen molar-refractivity contribution in [2.45, 2.75) is 40.2 Å². The van der Waals surface area contributed by atoms with Crippen molar-refractivity contribution in [2.24, 2.45) is 5.92 Å². The molecule has 2 rings (SSSR count). The van der Waals surface area contributed by atoms with Crippen molar-refractivity contribution < 1.29 is 14.1 Å². The van der Waals surface area contributed by atoms with Crippen LogP contribution in [-0.4, -0.2) is 17.7 Å². The molecule has 0 saturated carbocycles. The predicted molar refractivity (Wildman–Crippen MR) is 93.2 cm³/mol. The van der Waals surface area contributed by atoms with Gasteiger partial charge in [0.2, 0.25) is 11.1 Å². The minimum Gasteiger partial charge on any atom is -0.493 e. The zero-order valence-electron chi connectivity index (χ0n) is 14.3. The monoisotopic (exact) mass is 350 g/mol. The summed E-state index contributed by atoms with van der Waals surface area (Å²) in [7, 11) is 0. The molecule has 0 spiro atoms. The van der Waals surface area contributed by atoms with Crippen LogP contribution in [0.15, 0.2) is 28.8 Å². The van der Waals surface area contributed by atoms with Crippen LogP contribution >= 0.6 is 11.6 Å². The Hall–Kier alpha value is -2.01. The third-order valence-corrected chi connectivity index (χ3v) is 3.83. The fourth-order valence-electron chi connectivity index (χ4n) is 2.13. The number of aryl methyl sites for hydroxylation is 1. The van der Waals surface area contributed by atoms with E-state index < -0.39 is 0 Å². The van der Waals surface area contributed by atoms with Crippen LogP contribution in [-0.2, 0) is 17.8 Å². The van der Waals surface area contributed by atoms with E-state index in [2.05, 4.69) is 24.3 Å². The van der Waals surface area contributed by atoms with Crippen LogP contribution in [0.3, 0.4) is 0 Å². The third kappa shape index (κ3) is 5.57. The molecular weight excluding hydrogens is 328 g/mol. The molecule has 0 atom stereocenters. The second-order valence-electron chi connectivity index (χ2n) is 6.15. The molecule has 1 heterocycles. The topological polar surface area (TPSA) is 64.4 Å². The first-order chi connectivity index (χ1) is 11.5. The standard InChI is InChI=1S/C18H23ClN2O3/c1-12(2)11-23-15-6-4-14(5-7-15)10-20-17(22)9-8-16-13(3)21-24-18(16)19/h4-7,12H,8-11H2,1-3H3,(H,20,22). The Labute approximate surface area is 147 Å². The molecule has 6 heteroatoms. The summed E-state index contributed by atoms with van der Waals surface area (Å²) in [6.45, 7) is 7.21. The molecule has 1 aromatic carbocycles. The first-order valence-corrected chi connectivity index (χ1v) is 8.42. The van der Waals surface area contributed by atoms with E-state index in [9.17, 15) is 4.79 Å². The van der Waals surface area contributed by atoms with Gasteiger partial charge in [-0.2, -0.15) is 0 Å². The number of nitrogens with zero attached hydrogens (tertiary/aromatic N) is 1. The van der Waals surface area contributed by atoms with E-state index in [0.717, 1.165) is 22.6 Å². The highest BCUT2D eigenvalue weighted by Crippen LogP contribution is 2.20. The molecular formula is C18H23ClN2O3. The third-order valence-electron chi connectivity index (χ3n) is 3.54. The van der Waals surface area contributed by atoms with Gasteiger partial charge in [-0.05, 0) is 48.6 Å². The summed E-state index contributed by atoms with van der Waals surface area (Å²) in [5.41, 5.74) is 2.54. The number of halogens is 1. The van der Waals surface area contributed by atoms with Crippen molar-refractivity contribution in [2.75, 3.05) is 6.61 Å². The zero-order chi connectivity index (χ0) is 17.5. The highest BCUT2D eigenvalue weighted by molar-refractivity contribution is 6.29. The van der Waals surface area contributed by atoms with Crippen molar-refractivity contribution in [3.05, 3.63) is 46.3 Å². The van der Waals surface area contributed by atoms with Gasteiger partial charge in [0.05, 0.1) is 12.3 Å². The van der Waals surface area contributed by atoms with E-state index in [0.29, 0.717) is 31.9 Å². The van der Waals surface area contributed by atoms with Crippen molar-refractivity contribution in [3.63, 3.8) is 0 Å². The van der Waals surface area contributed by atoms with Gasteiger partial charge in [0.1, 0.15) is 5.75 Å². The Morgan fingerprint density at radius 2 is 2.04 bits per heavy atom. The van der Waals surface area contributed by atoms with Crippen molar-refractivity contribution in [1.82, 2.24) is 10.5 Å². The van der Waals surface area contributed by atoms with E-state index in [-0.39, 0.29) is 11.1 Å². The minimum absolute atomic E-state index is 0.0354. The molecule has 0 bridgehead atoms. The van der Waals surface area contributed by atoms with E-state index in [1.165, 1.54) is 0 Å². The largest absolute Gasteiger partial charge is 0.493 e. The molecule has 0 aliphatic carbocycles. The van der Waals surface area contributed by atoms with E-state index in [1.54, 1.807) is 0 Å². The number of carbonyl (C=O) groups excluding carboxylic acids is 1. The molecule has 1 aromatic heterocycles. The normalized spacial score (nSPS) is 10.9.